The van der Waals surface area contributed by atoms with Crippen LogP contribution in [0.15, 0.2) is 121 Å². The molecule has 0 spiro atoms. The van der Waals surface area contributed by atoms with E-state index in [1.165, 1.54) is 44.1 Å². The number of carboxylic acids is 1. The van der Waals surface area contributed by atoms with Gasteiger partial charge in [-0.05, 0) is 66.1 Å². The molecule has 6 rings (SSSR count). The molecule has 2 aliphatic rings. The molecule has 0 amide bonds. The Morgan fingerprint density at radius 3 is 2.09 bits per heavy atom. The van der Waals surface area contributed by atoms with Crippen LogP contribution in [0.4, 0.5) is 11.4 Å². The van der Waals surface area contributed by atoms with Gasteiger partial charge in [-0.25, -0.2) is 0 Å². The number of rotatable bonds is 8. The molecule has 0 aliphatic carbocycles. The first-order chi connectivity index (χ1) is 21.2. The van der Waals surface area contributed by atoms with Gasteiger partial charge >= 0.3 is 5.97 Å². The molecule has 4 aromatic rings. The zero-order chi connectivity index (χ0) is 31.1. The Bertz CT molecular complexity index is 1930. The Morgan fingerprint density at radius 2 is 1.41 bits per heavy atom. The van der Waals surface area contributed by atoms with Gasteiger partial charge in [0.15, 0.2) is 12.3 Å². The number of fused-ring (bicyclic) bond motifs is 6. The van der Waals surface area contributed by atoms with Crippen molar-refractivity contribution in [1.82, 2.24) is 0 Å². The number of hydrogen-bond donors (Lipinski definition) is 1. The Morgan fingerprint density at radius 1 is 0.795 bits per heavy atom. The molecular weight excluding hydrogens is 540 g/mol. The monoisotopic (exact) mass is 579 g/mol. The standard InChI is InChI=1S/C40H38N2O2/c1-6-41-32-24-22-28-16-12-14-18-30(28)37(32)39(2,3)34(41)20-10-8-7-9-11-21-35-40(4,5)38-31-19-15-13-17-29(31)23-25-33(38)42(35)27-26-36(43)44/h1,7-25H,6,26-27H2,2-5H3/p+1. The maximum absolute atomic E-state index is 11.5. The van der Waals surface area contributed by atoms with Crippen LogP contribution < -0.4 is 4.90 Å². The lowest BCUT2D eigenvalue weighted by atomic mass is 9.79. The second kappa shape index (κ2) is 11.4. The van der Waals surface area contributed by atoms with Crippen LogP contribution in [0.1, 0.15) is 45.2 Å². The first kappa shape index (κ1) is 29.4. The summed E-state index contributed by atoms with van der Waals surface area (Å²) in [7, 11) is 0. The number of anilines is 1. The van der Waals surface area contributed by atoms with Gasteiger partial charge in [0.1, 0.15) is 6.42 Å². The summed E-state index contributed by atoms with van der Waals surface area (Å²) in [6.07, 6.45) is 14.6. The lowest BCUT2D eigenvalue weighted by molar-refractivity contribution is -0.436. The molecule has 0 unspecified atom stereocenters. The minimum Gasteiger partial charge on any atom is -0.481 e. The topological polar surface area (TPSA) is 43.5 Å². The Labute approximate surface area is 260 Å². The van der Waals surface area contributed by atoms with E-state index in [0.717, 1.165) is 11.4 Å². The number of carbonyl (C=O) groups is 1. The van der Waals surface area contributed by atoms with E-state index in [1.54, 1.807) is 0 Å². The van der Waals surface area contributed by atoms with Crippen molar-refractivity contribution in [3.8, 4) is 0 Å². The molecule has 2 aliphatic heterocycles. The average Bonchev–Trinajstić information content (AvgIpc) is 3.37. The molecule has 0 saturated heterocycles. The smallest absolute Gasteiger partial charge is 0.309 e. The van der Waals surface area contributed by atoms with Gasteiger partial charge in [0.05, 0.1) is 5.41 Å². The second-order valence-electron chi connectivity index (χ2n) is 12.6. The van der Waals surface area contributed by atoms with Gasteiger partial charge < -0.3 is 10.0 Å². The lowest BCUT2D eigenvalue weighted by Crippen LogP contribution is -2.28. The first-order valence-corrected chi connectivity index (χ1v) is 15.3. The number of benzene rings is 4. The van der Waals surface area contributed by atoms with Crippen LogP contribution in [0.25, 0.3) is 21.5 Å². The maximum Gasteiger partial charge on any atom is 0.309 e. The van der Waals surface area contributed by atoms with Crippen LogP contribution in [-0.2, 0) is 15.6 Å². The van der Waals surface area contributed by atoms with Crippen LogP contribution in [-0.4, -0.2) is 34.5 Å². The molecule has 2 heterocycles. The van der Waals surface area contributed by atoms with Crippen molar-refractivity contribution < 1.29 is 14.5 Å². The van der Waals surface area contributed by atoms with E-state index in [4.69, 9.17) is 6.92 Å². The van der Waals surface area contributed by atoms with Gasteiger partial charge in [0, 0.05) is 41.1 Å². The van der Waals surface area contributed by atoms with Crippen molar-refractivity contribution in [3.63, 3.8) is 0 Å². The zero-order valence-corrected chi connectivity index (χ0v) is 25.9. The van der Waals surface area contributed by atoms with Crippen molar-refractivity contribution in [2.45, 2.75) is 44.9 Å². The zero-order valence-electron chi connectivity index (χ0n) is 25.9. The molecule has 0 fully saturated rings. The largest absolute Gasteiger partial charge is 0.481 e. The molecule has 44 heavy (non-hydrogen) atoms. The summed E-state index contributed by atoms with van der Waals surface area (Å²) in [5.41, 5.74) is 6.62. The molecule has 1 N–H and O–H groups in total. The number of nitrogens with zero attached hydrogens (tertiary/aromatic N) is 2. The predicted molar refractivity (Wildman–Crippen MR) is 183 cm³/mol. The molecule has 0 bridgehead atoms. The first-order valence-electron chi connectivity index (χ1n) is 15.3. The SMILES string of the molecule is [CH]CN1/C(=C/C=C/C=C/C=C/C2=[N+](CCC(=O)O)c3ccc4ccccc4c3C2(C)C)C(C)(C)c2c1ccc1ccccc21. The van der Waals surface area contributed by atoms with Crippen LogP contribution in [0.2, 0.25) is 0 Å². The lowest BCUT2D eigenvalue weighted by Gasteiger charge is -2.26. The summed E-state index contributed by atoms with van der Waals surface area (Å²) in [5.74, 6) is -0.797. The van der Waals surface area contributed by atoms with Crippen molar-refractivity contribution in [1.29, 1.82) is 0 Å². The van der Waals surface area contributed by atoms with Gasteiger partial charge in [-0.1, -0.05) is 98.8 Å². The third kappa shape index (κ3) is 4.89. The quantitative estimate of drug-likeness (QED) is 0.167. The highest BCUT2D eigenvalue weighted by Crippen LogP contribution is 2.50. The maximum atomic E-state index is 11.5. The van der Waals surface area contributed by atoms with Crippen molar-refractivity contribution in [2.24, 2.45) is 0 Å². The third-order valence-corrected chi connectivity index (χ3v) is 9.19. The Balaban J connectivity index is 1.26. The third-order valence-electron chi connectivity index (χ3n) is 9.19. The number of aliphatic carboxylic acids is 1. The summed E-state index contributed by atoms with van der Waals surface area (Å²) in [6.45, 7) is 16.1. The fraction of sp³-hybridized carbons (Fsp3) is 0.225. The van der Waals surface area contributed by atoms with Crippen molar-refractivity contribution in [3.05, 3.63) is 139 Å². The summed E-state index contributed by atoms with van der Waals surface area (Å²) in [4.78, 5) is 13.7. The van der Waals surface area contributed by atoms with E-state index < -0.39 is 5.97 Å². The Kier molecular flexibility index (Phi) is 7.63. The summed E-state index contributed by atoms with van der Waals surface area (Å²) < 4.78 is 2.17. The van der Waals surface area contributed by atoms with E-state index in [1.807, 2.05) is 24.3 Å². The number of carboxylic acid groups (broad SMARTS) is 1. The molecule has 0 aromatic heterocycles. The highest BCUT2D eigenvalue weighted by atomic mass is 16.4. The summed E-state index contributed by atoms with van der Waals surface area (Å²) >= 11 is 0. The predicted octanol–water partition coefficient (Wildman–Crippen LogP) is 8.91. The molecular formula is C40H39N2O2+. The van der Waals surface area contributed by atoms with Gasteiger partial charge in [-0.3, -0.25) is 4.79 Å². The van der Waals surface area contributed by atoms with Crippen LogP contribution in [0, 0.1) is 6.92 Å². The van der Waals surface area contributed by atoms with Gasteiger partial charge in [-0.15, -0.1) is 0 Å². The molecule has 2 radical (unpaired) electrons. The molecule has 0 atom stereocenters. The van der Waals surface area contributed by atoms with E-state index in [2.05, 4.69) is 128 Å². The molecule has 0 saturated carbocycles. The van der Waals surface area contributed by atoms with Gasteiger partial charge in [0.2, 0.25) is 5.69 Å². The van der Waals surface area contributed by atoms with Gasteiger partial charge in [-0.2, -0.15) is 4.58 Å². The van der Waals surface area contributed by atoms with Gasteiger partial charge in [0.25, 0.3) is 0 Å². The second-order valence-corrected chi connectivity index (χ2v) is 12.6. The van der Waals surface area contributed by atoms with Crippen LogP contribution >= 0.6 is 0 Å². The van der Waals surface area contributed by atoms with E-state index in [0.29, 0.717) is 13.1 Å². The minimum absolute atomic E-state index is 0.0722. The molecule has 4 heteroatoms. The summed E-state index contributed by atoms with van der Waals surface area (Å²) in [5, 5.41) is 14.4. The minimum atomic E-state index is -0.797. The fourth-order valence-electron chi connectivity index (χ4n) is 7.20. The van der Waals surface area contributed by atoms with E-state index >= 15 is 0 Å². The summed E-state index contributed by atoms with van der Waals surface area (Å²) in [6, 6.07) is 25.6. The normalized spacial score (nSPS) is 18.1. The Hall–Kier alpha value is -4.70. The van der Waals surface area contributed by atoms with Crippen molar-refractivity contribution in [2.75, 3.05) is 18.0 Å². The average molecular weight is 580 g/mol. The highest BCUT2D eigenvalue weighted by molar-refractivity contribution is 6.07. The highest BCUT2D eigenvalue weighted by Gasteiger charge is 2.45. The van der Waals surface area contributed by atoms with Crippen molar-refractivity contribution >= 4 is 44.6 Å². The van der Waals surface area contributed by atoms with Crippen LogP contribution in [0.3, 0.4) is 0 Å². The van der Waals surface area contributed by atoms with Crippen LogP contribution in [0.5, 0.6) is 0 Å². The molecule has 4 nitrogen and oxygen atoms in total. The van der Waals surface area contributed by atoms with E-state index in [9.17, 15) is 9.90 Å². The number of hydrogen-bond acceptors (Lipinski definition) is 2. The van der Waals surface area contributed by atoms with E-state index in [-0.39, 0.29) is 17.3 Å². The fourth-order valence-corrected chi connectivity index (χ4v) is 7.20. The number of allylic oxidation sites excluding steroid dienone is 8. The molecule has 220 valence electrons. The molecule has 4 aromatic carbocycles.